The van der Waals surface area contributed by atoms with Gasteiger partial charge in [-0.05, 0) is 110 Å². The zero-order valence-corrected chi connectivity index (χ0v) is 26.9. The smallest absolute Gasteiger partial charge is 0.150 e. The number of allylic oxidation sites excluding steroid dienone is 8. The first-order valence-corrected chi connectivity index (χ1v) is 15.7. The first-order chi connectivity index (χ1) is 20.1. The summed E-state index contributed by atoms with van der Waals surface area (Å²) in [5, 5.41) is 0.792. The third-order valence-corrected chi connectivity index (χ3v) is 8.98. The van der Waals surface area contributed by atoms with Gasteiger partial charge in [-0.25, -0.2) is 0 Å². The second-order valence-electron chi connectivity index (χ2n) is 12.6. The number of piperazine rings is 1. The number of hydrogen-bond acceptors (Lipinski definition) is 3. The molecule has 4 heteroatoms. The Labute approximate surface area is 259 Å². The molecule has 1 saturated heterocycles. The molecule has 4 rings (SSSR count). The molecule has 0 atom stereocenters. The number of nitrogens with zero attached hydrogens (tertiary/aromatic N) is 2. The van der Waals surface area contributed by atoms with E-state index in [2.05, 4.69) is 79.6 Å². The first-order valence-electron chi connectivity index (χ1n) is 15.3. The Bertz CT molecular complexity index is 1400. The molecule has 2 aromatic rings. The van der Waals surface area contributed by atoms with Crippen molar-refractivity contribution < 1.29 is 4.79 Å². The van der Waals surface area contributed by atoms with Crippen molar-refractivity contribution in [2.45, 2.75) is 60.3 Å². The van der Waals surface area contributed by atoms with Crippen LogP contribution >= 0.6 is 11.6 Å². The fourth-order valence-electron chi connectivity index (χ4n) is 6.10. The van der Waals surface area contributed by atoms with E-state index in [1.165, 1.54) is 28.8 Å². The van der Waals surface area contributed by atoms with Crippen LogP contribution in [0.2, 0.25) is 5.02 Å². The monoisotopic (exact) mass is 582 g/mol. The number of carbonyl (C=O) groups is 1. The van der Waals surface area contributed by atoms with Gasteiger partial charge >= 0.3 is 0 Å². The van der Waals surface area contributed by atoms with Crippen LogP contribution in [0.4, 0.5) is 5.69 Å². The average Bonchev–Trinajstić information content (AvgIpc) is 2.98. The standard InChI is InChI=1S/C38H47ClN2O/c1-7-9-31(28(3)4)22-29(8-2)23-34-24-36(15-12-33(34)27-42)41-20-18-40(19-21-41)26-32-16-17-38(5,6)25-37(32)30-10-13-35(39)14-11-30/h7-15,22,24,27H,3,16-21,23,25-26H2,1-2,4-6H3/b9-7-,29-8+,31-22-. The van der Waals surface area contributed by atoms with Gasteiger partial charge < -0.3 is 4.90 Å². The normalized spacial score (nSPS) is 18.6. The van der Waals surface area contributed by atoms with E-state index in [0.29, 0.717) is 11.8 Å². The lowest BCUT2D eigenvalue weighted by Crippen LogP contribution is -2.47. The Balaban J connectivity index is 1.47. The lowest BCUT2D eigenvalue weighted by Gasteiger charge is -2.39. The van der Waals surface area contributed by atoms with E-state index >= 15 is 0 Å². The summed E-state index contributed by atoms with van der Waals surface area (Å²) in [6.07, 6.45) is 13.6. The highest BCUT2D eigenvalue weighted by molar-refractivity contribution is 6.30. The number of rotatable bonds is 10. The molecule has 1 fully saturated rings. The molecule has 222 valence electrons. The average molecular weight is 583 g/mol. The Kier molecular flexibility index (Phi) is 10.9. The summed E-state index contributed by atoms with van der Waals surface area (Å²) in [6.45, 7) is 20.1. The van der Waals surface area contributed by atoms with E-state index in [0.717, 1.165) is 79.1 Å². The molecule has 3 nitrogen and oxygen atoms in total. The van der Waals surface area contributed by atoms with Gasteiger partial charge in [0.15, 0.2) is 0 Å². The SMILES string of the molecule is C=C(C)C(/C=C\C)=C\C(=C/C)Cc1cc(N2CCN(CC3=C(c4ccc(Cl)cc4)CC(C)(C)CC3)CC2)ccc1C=O. The van der Waals surface area contributed by atoms with Crippen LogP contribution in [0.5, 0.6) is 0 Å². The van der Waals surface area contributed by atoms with Gasteiger partial charge in [0.2, 0.25) is 0 Å². The van der Waals surface area contributed by atoms with Gasteiger partial charge in [0.05, 0.1) is 0 Å². The number of hydrogen-bond donors (Lipinski definition) is 0. The Morgan fingerprint density at radius 3 is 2.38 bits per heavy atom. The molecule has 0 radical (unpaired) electrons. The van der Waals surface area contributed by atoms with Crippen LogP contribution in [0.3, 0.4) is 0 Å². The van der Waals surface area contributed by atoms with E-state index < -0.39 is 0 Å². The number of carbonyl (C=O) groups excluding carboxylic acids is 1. The third kappa shape index (κ3) is 8.24. The highest BCUT2D eigenvalue weighted by Gasteiger charge is 2.29. The van der Waals surface area contributed by atoms with Crippen LogP contribution in [-0.2, 0) is 6.42 Å². The summed E-state index contributed by atoms with van der Waals surface area (Å²) in [4.78, 5) is 17.0. The molecule has 2 aromatic carbocycles. The van der Waals surface area contributed by atoms with Crippen LogP contribution in [0.25, 0.3) is 5.57 Å². The largest absolute Gasteiger partial charge is 0.369 e. The van der Waals surface area contributed by atoms with Gasteiger partial charge in [0.25, 0.3) is 0 Å². The lowest BCUT2D eigenvalue weighted by atomic mass is 9.72. The maximum absolute atomic E-state index is 11.9. The molecule has 0 amide bonds. The number of benzene rings is 2. The van der Waals surface area contributed by atoms with Gasteiger partial charge in [0.1, 0.15) is 6.29 Å². The van der Waals surface area contributed by atoms with Crippen LogP contribution < -0.4 is 4.90 Å². The van der Waals surface area contributed by atoms with Crippen molar-refractivity contribution in [3.63, 3.8) is 0 Å². The van der Waals surface area contributed by atoms with E-state index in [1.54, 1.807) is 5.57 Å². The van der Waals surface area contributed by atoms with Crippen molar-refractivity contribution in [2.75, 3.05) is 37.6 Å². The molecule has 0 saturated carbocycles. The minimum atomic E-state index is 0.323. The van der Waals surface area contributed by atoms with Crippen molar-refractivity contribution >= 4 is 29.1 Å². The Morgan fingerprint density at radius 1 is 1.05 bits per heavy atom. The highest BCUT2D eigenvalue weighted by atomic mass is 35.5. The van der Waals surface area contributed by atoms with E-state index in [4.69, 9.17) is 11.6 Å². The zero-order valence-electron chi connectivity index (χ0n) is 26.2. The van der Waals surface area contributed by atoms with Crippen LogP contribution in [0.15, 0.2) is 95.6 Å². The third-order valence-electron chi connectivity index (χ3n) is 8.73. The highest BCUT2D eigenvalue weighted by Crippen LogP contribution is 2.43. The molecular formula is C38H47ClN2O. The van der Waals surface area contributed by atoms with Crippen molar-refractivity contribution in [3.8, 4) is 0 Å². The molecule has 0 unspecified atom stereocenters. The van der Waals surface area contributed by atoms with Gasteiger partial charge in [-0.1, -0.05) is 79.6 Å². The summed E-state index contributed by atoms with van der Waals surface area (Å²) in [5.74, 6) is 0. The van der Waals surface area contributed by atoms with E-state index in [-0.39, 0.29) is 0 Å². The van der Waals surface area contributed by atoms with Crippen LogP contribution in [0.1, 0.15) is 75.4 Å². The topological polar surface area (TPSA) is 23.6 Å². The van der Waals surface area contributed by atoms with Crippen molar-refractivity contribution in [1.29, 1.82) is 0 Å². The van der Waals surface area contributed by atoms with E-state index in [9.17, 15) is 4.79 Å². The minimum absolute atomic E-state index is 0.323. The predicted molar refractivity (Wildman–Crippen MR) is 182 cm³/mol. The minimum Gasteiger partial charge on any atom is -0.369 e. The molecule has 1 aliphatic carbocycles. The Morgan fingerprint density at radius 2 is 1.76 bits per heavy atom. The molecule has 1 heterocycles. The molecule has 0 N–H and O–H groups in total. The van der Waals surface area contributed by atoms with Crippen molar-refractivity contribution in [2.24, 2.45) is 5.41 Å². The molecule has 0 bridgehead atoms. The summed E-state index contributed by atoms with van der Waals surface area (Å²) in [5.41, 5.74) is 11.1. The second kappa shape index (κ2) is 14.4. The van der Waals surface area contributed by atoms with Crippen LogP contribution in [-0.4, -0.2) is 43.9 Å². The van der Waals surface area contributed by atoms with Gasteiger partial charge in [-0.2, -0.15) is 0 Å². The van der Waals surface area contributed by atoms with Gasteiger partial charge in [-0.15, -0.1) is 0 Å². The molecular weight excluding hydrogens is 536 g/mol. The fraction of sp³-hybridized carbons (Fsp3) is 0.395. The van der Waals surface area contributed by atoms with Gasteiger partial charge in [0, 0.05) is 49.0 Å². The van der Waals surface area contributed by atoms with Crippen LogP contribution in [0, 0.1) is 5.41 Å². The molecule has 0 spiro atoms. The fourth-order valence-corrected chi connectivity index (χ4v) is 6.23. The zero-order chi connectivity index (χ0) is 30.3. The second-order valence-corrected chi connectivity index (χ2v) is 13.1. The quantitative estimate of drug-likeness (QED) is 0.206. The first kappa shape index (κ1) is 31.8. The summed E-state index contributed by atoms with van der Waals surface area (Å²) in [6, 6.07) is 14.7. The maximum atomic E-state index is 11.9. The number of anilines is 1. The molecule has 42 heavy (non-hydrogen) atoms. The van der Waals surface area contributed by atoms with Crippen molar-refractivity contribution in [1.82, 2.24) is 4.90 Å². The predicted octanol–water partition coefficient (Wildman–Crippen LogP) is 9.51. The number of aldehydes is 1. The number of halogens is 1. The lowest BCUT2D eigenvalue weighted by molar-refractivity contribution is 0.112. The molecule has 1 aliphatic heterocycles. The Hall–Kier alpha value is -3.14. The van der Waals surface area contributed by atoms with Gasteiger partial charge in [-0.3, -0.25) is 9.69 Å². The molecule has 0 aromatic heterocycles. The summed E-state index contributed by atoms with van der Waals surface area (Å²) in [7, 11) is 0. The molecule has 2 aliphatic rings. The summed E-state index contributed by atoms with van der Waals surface area (Å²) < 4.78 is 0. The maximum Gasteiger partial charge on any atom is 0.150 e. The van der Waals surface area contributed by atoms with E-state index in [1.807, 2.05) is 38.1 Å². The summed E-state index contributed by atoms with van der Waals surface area (Å²) >= 11 is 6.21. The van der Waals surface area contributed by atoms with Crippen molar-refractivity contribution in [3.05, 3.63) is 117 Å².